The van der Waals surface area contributed by atoms with E-state index in [2.05, 4.69) is 4.98 Å². The summed E-state index contributed by atoms with van der Waals surface area (Å²) in [5.74, 6) is -0.130. The van der Waals surface area contributed by atoms with Crippen LogP contribution in [-0.4, -0.2) is 67.0 Å². The second-order valence-electron chi connectivity index (χ2n) is 6.14. The molecule has 1 N–H and O–H groups in total. The van der Waals surface area contributed by atoms with Gasteiger partial charge in [0.15, 0.2) is 0 Å². The Morgan fingerprint density at radius 1 is 1.45 bits per heavy atom. The van der Waals surface area contributed by atoms with Crippen molar-refractivity contribution in [1.82, 2.24) is 14.2 Å². The molecule has 2 heterocycles. The molecule has 0 spiro atoms. The van der Waals surface area contributed by atoms with E-state index in [-0.39, 0.29) is 12.3 Å². The predicted octanol–water partition coefficient (Wildman–Crippen LogP) is 0.953. The van der Waals surface area contributed by atoms with Gasteiger partial charge in [0.2, 0.25) is 10.0 Å². The minimum Gasteiger partial charge on any atom is -0.387 e. The molecule has 1 atom stereocenters. The number of β-amino-alcohol motifs (C(OH)–C–C–N with tert-alkyl or cyclic N) is 1. The molecule has 124 valence electrons. The first-order valence-corrected chi connectivity index (χ1v) is 9.14. The lowest BCUT2D eigenvalue weighted by Gasteiger charge is -2.39. The molecule has 0 aromatic carbocycles. The van der Waals surface area contributed by atoms with Crippen molar-refractivity contribution >= 4 is 21.6 Å². The number of aliphatic hydroxyl groups is 1. The molecule has 1 aromatic heterocycles. The molecule has 8 heteroatoms. The summed E-state index contributed by atoms with van der Waals surface area (Å²) < 4.78 is 26.5. The Bertz CT molecular complexity index is 606. The molecule has 0 radical (unpaired) electrons. The van der Waals surface area contributed by atoms with Crippen LogP contribution in [0.3, 0.4) is 0 Å². The van der Waals surface area contributed by atoms with Crippen molar-refractivity contribution in [1.29, 1.82) is 0 Å². The molecule has 0 aliphatic carbocycles. The largest absolute Gasteiger partial charge is 0.387 e. The fraction of sp³-hybridized carbons (Fsp3) is 0.643. The molecule has 0 amide bonds. The lowest BCUT2D eigenvalue weighted by Crippen LogP contribution is -2.54. The fourth-order valence-electron chi connectivity index (χ4n) is 2.82. The molecular weight excluding hydrogens is 326 g/mol. The highest BCUT2D eigenvalue weighted by Crippen LogP contribution is 2.25. The smallest absolute Gasteiger partial charge is 0.218 e. The maximum atomic E-state index is 12.6. The van der Waals surface area contributed by atoms with Crippen molar-refractivity contribution < 1.29 is 13.5 Å². The van der Waals surface area contributed by atoms with Gasteiger partial charge in [0, 0.05) is 25.8 Å². The van der Waals surface area contributed by atoms with Crippen LogP contribution in [0.4, 0.5) is 0 Å². The summed E-state index contributed by atoms with van der Waals surface area (Å²) in [6.45, 7) is 1.02. The third-order valence-corrected chi connectivity index (χ3v) is 5.68. The number of likely N-dealkylation sites (N-methyl/N-ethyl adjacent to an activating group) is 1. The van der Waals surface area contributed by atoms with Crippen LogP contribution in [0, 0.1) is 0 Å². The summed E-state index contributed by atoms with van der Waals surface area (Å²) >= 11 is 5.71. The predicted molar refractivity (Wildman–Crippen MR) is 86.2 cm³/mol. The molecule has 1 unspecified atom stereocenters. The van der Waals surface area contributed by atoms with Gasteiger partial charge in [0.1, 0.15) is 5.15 Å². The van der Waals surface area contributed by atoms with Crippen LogP contribution in [0.25, 0.3) is 0 Å². The number of hydrogen-bond acceptors (Lipinski definition) is 5. The molecular formula is C14H22ClN3O3S. The molecule has 1 aliphatic rings. The second-order valence-corrected chi connectivity index (χ2v) is 8.50. The van der Waals surface area contributed by atoms with Crippen LogP contribution >= 0.6 is 11.6 Å². The van der Waals surface area contributed by atoms with Gasteiger partial charge in [-0.1, -0.05) is 17.7 Å². The van der Waals surface area contributed by atoms with E-state index in [0.717, 1.165) is 0 Å². The van der Waals surface area contributed by atoms with Gasteiger partial charge in [-0.25, -0.2) is 13.4 Å². The molecule has 1 fully saturated rings. The Balaban J connectivity index is 2.10. The summed E-state index contributed by atoms with van der Waals surface area (Å²) in [6, 6.07) is 3.23. The third-order valence-electron chi connectivity index (χ3n) is 3.66. The Kier molecular flexibility index (Phi) is 5.45. The molecule has 22 heavy (non-hydrogen) atoms. The number of pyridine rings is 1. The summed E-state index contributed by atoms with van der Waals surface area (Å²) in [7, 11) is 0.247. The molecule has 1 aromatic rings. The average molecular weight is 348 g/mol. The zero-order valence-corrected chi connectivity index (χ0v) is 14.4. The van der Waals surface area contributed by atoms with Crippen LogP contribution in [-0.2, 0) is 15.8 Å². The zero-order valence-electron chi connectivity index (χ0n) is 12.9. The van der Waals surface area contributed by atoms with E-state index in [9.17, 15) is 13.5 Å². The summed E-state index contributed by atoms with van der Waals surface area (Å²) in [5.41, 5.74) is -0.404. The minimum atomic E-state index is -3.48. The van der Waals surface area contributed by atoms with Crippen LogP contribution < -0.4 is 0 Å². The van der Waals surface area contributed by atoms with E-state index in [1.54, 1.807) is 12.1 Å². The molecule has 0 bridgehead atoms. The SMILES string of the molecule is CN(C)CC1(O)CCCN(S(=O)(=O)Cc2ccc(Cl)nc2)C1. The first kappa shape index (κ1) is 17.6. The number of rotatable bonds is 5. The Morgan fingerprint density at radius 3 is 2.77 bits per heavy atom. The summed E-state index contributed by atoms with van der Waals surface area (Å²) in [6.07, 6.45) is 2.73. The summed E-state index contributed by atoms with van der Waals surface area (Å²) in [4.78, 5) is 5.78. The van der Waals surface area contributed by atoms with E-state index in [4.69, 9.17) is 11.6 Å². The fourth-order valence-corrected chi connectivity index (χ4v) is 4.55. The van der Waals surface area contributed by atoms with Gasteiger partial charge in [-0.05, 0) is 38.6 Å². The maximum absolute atomic E-state index is 12.6. The molecule has 1 saturated heterocycles. The monoisotopic (exact) mass is 347 g/mol. The zero-order chi connectivity index (χ0) is 16.4. The van der Waals surface area contributed by atoms with E-state index in [0.29, 0.717) is 36.6 Å². The molecule has 1 aliphatic heterocycles. The first-order chi connectivity index (χ1) is 10.2. The Hall–Kier alpha value is -0.730. The molecule has 0 saturated carbocycles. The topological polar surface area (TPSA) is 73.7 Å². The van der Waals surface area contributed by atoms with Crippen molar-refractivity contribution in [2.75, 3.05) is 33.7 Å². The molecule has 6 nitrogen and oxygen atoms in total. The van der Waals surface area contributed by atoms with Gasteiger partial charge in [-0.2, -0.15) is 4.31 Å². The minimum absolute atomic E-state index is 0.130. The lowest BCUT2D eigenvalue weighted by molar-refractivity contribution is -0.0257. The highest BCUT2D eigenvalue weighted by Gasteiger charge is 2.38. The summed E-state index contributed by atoms with van der Waals surface area (Å²) in [5, 5.41) is 10.9. The van der Waals surface area contributed by atoms with Crippen molar-refractivity contribution in [2.24, 2.45) is 0 Å². The van der Waals surface area contributed by atoms with E-state index in [1.807, 2.05) is 19.0 Å². The number of nitrogens with zero attached hydrogens (tertiary/aromatic N) is 3. The van der Waals surface area contributed by atoms with Gasteiger partial charge in [-0.15, -0.1) is 0 Å². The average Bonchev–Trinajstić information content (AvgIpc) is 2.40. The maximum Gasteiger partial charge on any atom is 0.218 e. The highest BCUT2D eigenvalue weighted by atomic mass is 35.5. The van der Waals surface area contributed by atoms with Crippen LogP contribution in [0.1, 0.15) is 18.4 Å². The third kappa shape index (κ3) is 4.63. The first-order valence-electron chi connectivity index (χ1n) is 7.16. The highest BCUT2D eigenvalue weighted by molar-refractivity contribution is 7.88. The molecule has 2 rings (SSSR count). The van der Waals surface area contributed by atoms with Crippen LogP contribution in [0.2, 0.25) is 5.15 Å². The number of piperidine rings is 1. The standard InChI is InChI=1S/C14H22ClN3O3S/c1-17(2)10-14(19)6-3-7-18(11-14)22(20,21)9-12-4-5-13(15)16-8-12/h4-5,8,19H,3,6-7,9-11H2,1-2H3. The van der Waals surface area contributed by atoms with Crippen LogP contribution in [0.15, 0.2) is 18.3 Å². The van der Waals surface area contributed by atoms with E-state index in [1.165, 1.54) is 10.5 Å². The van der Waals surface area contributed by atoms with E-state index < -0.39 is 15.6 Å². The number of hydrogen-bond donors (Lipinski definition) is 1. The number of aromatic nitrogens is 1. The normalized spacial score (nSPS) is 23.9. The van der Waals surface area contributed by atoms with E-state index >= 15 is 0 Å². The van der Waals surface area contributed by atoms with Gasteiger partial charge in [0.25, 0.3) is 0 Å². The van der Waals surface area contributed by atoms with Crippen molar-refractivity contribution in [3.63, 3.8) is 0 Å². The Labute approximate surface area is 136 Å². The number of sulfonamides is 1. The van der Waals surface area contributed by atoms with Gasteiger partial charge >= 0.3 is 0 Å². The van der Waals surface area contributed by atoms with Crippen molar-refractivity contribution in [2.45, 2.75) is 24.2 Å². The van der Waals surface area contributed by atoms with Gasteiger partial charge < -0.3 is 10.0 Å². The van der Waals surface area contributed by atoms with Gasteiger partial charge in [0.05, 0.1) is 11.4 Å². The van der Waals surface area contributed by atoms with Gasteiger partial charge in [-0.3, -0.25) is 0 Å². The quantitative estimate of drug-likeness (QED) is 0.803. The lowest BCUT2D eigenvalue weighted by atomic mass is 9.94. The number of halogens is 1. The second kappa shape index (κ2) is 6.80. The Morgan fingerprint density at radius 2 is 2.18 bits per heavy atom. The van der Waals surface area contributed by atoms with Crippen LogP contribution in [0.5, 0.6) is 0 Å². The van der Waals surface area contributed by atoms with Crippen molar-refractivity contribution in [3.8, 4) is 0 Å². The van der Waals surface area contributed by atoms with Crippen molar-refractivity contribution in [3.05, 3.63) is 29.0 Å².